The lowest BCUT2D eigenvalue weighted by molar-refractivity contribution is 0.0785. The van der Waals surface area contributed by atoms with Crippen LogP contribution in [0.4, 0.5) is 4.79 Å². The average molecular weight is 535 g/mol. The number of alkyl carbamates (subject to hydrolysis) is 1. The first-order valence-corrected chi connectivity index (χ1v) is 14.0. The smallest absolute Gasteiger partial charge is 0.407 e. The molecule has 0 aliphatic carbocycles. The Morgan fingerprint density at radius 3 is 2.35 bits per heavy atom. The molecule has 0 unspecified atom stereocenters. The Balaban J connectivity index is 1.81. The largest absolute Gasteiger partial charge is 0.508 e. The summed E-state index contributed by atoms with van der Waals surface area (Å²) in [6, 6.07) is 12.7. The van der Waals surface area contributed by atoms with E-state index in [4.69, 9.17) is 14.2 Å². The van der Waals surface area contributed by atoms with Gasteiger partial charge in [-0.2, -0.15) is 4.31 Å². The van der Waals surface area contributed by atoms with Crippen LogP contribution < -0.4 is 10.1 Å². The molecule has 1 amide bonds. The fourth-order valence-corrected chi connectivity index (χ4v) is 5.95. The summed E-state index contributed by atoms with van der Waals surface area (Å²) in [5.74, 6) is 0.562. The molecule has 3 rings (SSSR count). The van der Waals surface area contributed by atoms with Gasteiger partial charge < -0.3 is 24.6 Å². The van der Waals surface area contributed by atoms with Gasteiger partial charge in [-0.15, -0.1) is 0 Å². The fourth-order valence-electron chi connectivity index (χ4n) is 4.25. The van der Waals surface area contributed by atoms with E-state index in [1.165, 1.54) is 11.4 Å². The third-order valence-corrected chi connectivity index (χ3v) is 8.15. The number of carbonyl (C=O) groups excluding carboxylic acids is 1. The number of aromatic hydroxyl groups is 1. The number of hydrogen-bond acceptors (Lipinski definition) is 7. The molecular formula is C27H38N2O7S. The molecule has 10 heteroatoms. The zero-order chi connectivity index (χ0) is 27.0. The summed E-state index contributed by atoms with van der Waals surface area (Å²) in [6.07, 6.45) is 0.237. The van der Waals surface area contributed by atoms with Crippen molar-refractivity contribution in [3.63, 3.8) is 0 Å². The molecule has 2 N–H and O–H groups in total. The van der Waals surface area contributed by atoms with Crippen LogP contribution in [0.3, 0.4) is 0 Å². The van der Waals surface area contributed by atoms with Crippen LogP contribution in [0.1, 0.15) is 32.8 Å². The second-order valence-electron chi connectivity index (χ2n) is 9.88. The number of nitrogens with zero attached hydrogens (tertiary/aromatic N) is 1. The van der Waals surface area contributed by atoms with Crippen LogP contribution in [0.15, 0.2) is 53.4 Å². The van der Waals surface area contributed by atoms with Crippen LogP contribution in [0.25, 0.3) is 0 Å². The van der Waals surface area contributed by atoms with Gasteiger partial charge in [0.15, 0.2) is 0 Å². The van der Waals surface area contributed by atoms with Crippen molar-refractivity contribution in [2.75, 3.05) is 33.4 Å². The maximum Gasteiger partial charge on any atom is 0.407 e. The zero-order valence-corrected chi connectivity index (χ0v) is 22.7. The van der Waals surface area contributed by atoms with E-state index >= 15 is 0 Å². The lowest BCUT2D eigenvalue weighted by Crippen LogP contribution is -2.47. The minimum absolute atomic E-state index is 0.0936. The predicted molar refractivity (Wildman–Crippen MR) is 140 cm³/mol. The highest BCUT2D eigenvalue weighted by molar-refractivity contribution is 7.89. The molecule has 37 heavy (non-hydrogen) atoms. The van der Waals surface area contributed by atoms with E-state index in [2.05, 4.69) is 5.32 Å². The molecule has 204 valence electrons. The highest BCUT2D eigenvalue weighted by atomic mass is 32.2. The molecule has 9 nitrogen and oxygen atoms in total. The number of ether oxygens (including phenoxy) is 3. The summed E-state index contributed by atoms with van der Waals surface area (Å²) in [5, 5.41) is 12.6. The van der Waals surface area contributed by atoms with Gasteiger partial charge in [-0.1, -0.05) is 32.9 Å². The first kappa shape index (κ1) is 28.7. The van der Waals surface area contributed by atoms with Gasteiger partial charge in [0.1, 0.15) is 17.6 Å². The van der Waals surface area contributed by atoms with E-state index in [1.807, 2.05) is 20.8 Å². The molecule has 1 aliphatic heterocycles. The summed E-state index contributed by atoms with van der Waals surface area (Å²) < 4.78 is 44.7. The molecule has 2 aromatic carbocycles. The molecule has 1 fully saturated rings. The van der Waals surface area contributed by atoms with E-state index in [0.29, 0.717) is 38.3 Å². The van der Waals surface area contributed by atoms with Gasteiger partial charge in [0.2, 0.25) is 10.0 Å². The van der Waals surface area contributed by atoms with Crippen LogP contribution in [0, 0.1) is 11.8 Å². The standard InChI is InChI=1S/C27H38N2O7S/c1-19(2)16-29(37(32,33)25-11-9-23(34-4)10-12-25)17-20(3)26(15-21-5-7-22(30)8-6-21)28-27(31)36-24-13-14-35-18-24/h5-12,19-20,24,26,30H,13-18H2,1-4H3,(H,28,31)/t20-,24-,26+/m1/s1. The third kappa shape index (κ3) is 8.34. The zero-order valence-electron chi connectivity index (χ0n) is 21.9. The molecule has 1 aliphatic rings. The van der Waals surface area contributed by atoms with Crippen molar-refractivity contribution in [1.29, 1.82) is 0 Å². The van der Waals surface area contributed by atoms with Gasteiger partial charge in [0.05, 0.1) is 25.2 Å². The maximum absolute atomic E-state index is 13.6. The summed E-state index contributed by atoms with van der Waals surface area (Å²) in [4.78, 5) is 12.9. The second kappa shape index (κ2) is 13.1. The van der Waals surface area contributed by atoms with Gasteiger partial charge in [-0.25, -0.2) is 13.2 Å². The molecule has 0 saturated carbocycles. The third-order valence-electron chi connectivity index (χ3n) is 6.30. The highest BCUT2D eigenvalue weighted by Crippen LogP contribution is 2.23. The van der Waals surface area contributed by atoms with E-state index in [1.54, 1.807) is 48.5 Å². The molecule has 0 bridgehead atoms. The summed E-state index contributed by atoms with van der Waals surface area (Å²) in [7, 11) is -2.26. The fraction of sp³-hybridized carbons (Fsp3) is 0.519. The molecule has 2 aromatic rings. The number of phenolic OH excluding ortho intramolecular Hbond substituents is 1. The molecular weight excluding hydrogens is 496 g/mol. The lowest BCUT2D eigenvalue weighted by Gasteiger charge is -2.31. The number of amides is 1. The minimum atomic E-state index is -3.79. The van der Waals surface area contributed by atoms with Crippen molar-refractivity contribution in [2.45, 2.75) is 50.7 Å². The minimum Gasteiger partial charge on any atom is -0.508 e. The van der Waals surface area contributed by atoms with E-state index < -0.39 is 22.2 Å². The van der Waals surface area contributed by atoms with E-state index in [0.717, 1.165) is 5.56 Å². The molecule has 0 aromatic heterocycles. The number of hydrogen-bond donors (Lipinski definition) is 2. The van der Waals surface area contributed by atoms with Crippen molar-refractivity contribution in [3.8, 4) is 11.5 Å². The van der Waals surface area contributed by atoms with Crippen molar-refractivity contribution in [1.82, 2.24) is 9.62 Å². The molecule has 1 saturated heterocycles. The first-order valence-electron chi connectivity index (χ1n) is 12.6. The number of methoxy groups -OCH3 is 1. The summed E-state index contributed by atoms with van der Waals surface area (Å²) in [6.45, 7) is 7.30. The van der Waals surface area contributed by atoms with Crippen LogP contribution in [0.5, 0.6) is 11.5 Å². The van der Waals surface area contributed by atoms with Crippen molar-refractivity contribution in [3.05, 3.63) is 54.1 Å². The average Bonchev–Trinajstić information content (AvgIpc) is 3.37. The van der Waals surface area contributed by atoms with E-state index in [9.17, 15) is 18.3 Å². The Labute approximate surface area is 219 Å². The number of phenols is 1. The number of nitrogens with one attached hydrogen (secondary N) is 1. The van der Waals surface area contributed by atoms with Crippen LogP contribution in [-0.4, -0.2) is 69.5 Å². The molecule has 3 atom stereocenters. The number of carbonyl (C=O) groups is 1. The van der Waals surface area contributed by atoms with Crippen molar-refractivity contribution >= 4 is 16.1 Å². The van der Waals surface area contributed by atoms with Crippen LogP contribution in [0.2, 0.25) is 0 Å². The van der Waals surface area contributed by atoms with Crippen LogP contribution in [-0.2, 0) is 25.9 Å². The Hall–Kier alpha value is -2.82. The van der Waals surface area contributed by atoms with Gasteiger partial charge in [-0.05, 0) is 60.2 Å². The predicted octanol–water partition coefficient (Wildman–Crippen LogP) is 3.81. The maximum atomic E-state index is 13.6. The van der Waals surface area contributed by atoms with Gasteiger partial charge >= 0.3 is 6.09 Å². The lowest BCUT2D eigenvalue weighted by atomic mass is 9.94. The Morgan fingerprint density at radius 2 is 1.78 bits per heavy atom. The number of benzene rings is 2. The summed E-state index contributed by atoms with van der Waals surface area (Å²) >= 11 is 0. The molecule has 1 heterocycles. The topological polar surface area (TPSA) is 114 Å². The van der Waals surface area contributed by atoms with Gasteiger partial charge in [0, 0.05) is 25.6 Å². The second-order valence-corrected chi connectivity index (χ2v) is 11.8. The number of sulfonamides is 1. The molecule has 0 spiro atoms. The quantitative estimate of drug-likeness (QED) is 0.426. The van der Waals surface area contributed by atoms with Gasteiger partial charge in [0.25, 0.3) is 0 Å². The van der Waals surface area contributed by atoms with Gasteiger partial charge in [-0.3, -0.25) is 0 Å². The number of rotatable bonds is 12. The Kier molecular flexibility index (Phi) is 10.2. The first-order chi connectivity index (χ1) is 17.6. The van der Waals surface area contributed by atoms with Crippen molar-refractivity contribution < 1.29 is 32.5 Å². The van der Waals surface area contributed by atoms with Crippen LogP contribution >= 0.6 is 0 Å². The monoisotopic (exact) mass is 534 g/mol. The summed E-state index contributed by atoms with van der Waals surface area (Å²) in [5.41, 5.74) is 0.896. The Bertz CT molecular complexity index is 1100. The molecule has 0 radical (unpaired) electrons. The highest BCUT2D eigenvalue weighted by Gasteiger charge is 2.31. The SMILES string of the molecule is COc1ccc(S(=O)(=O)N(CC(C)C)C[C@@H](C)[C@H](Cc2ccc(O)cc2)NC(=O)O[C@@H]2CCOC2)cc1. The van der Waals surface area contributed by atoms with E-state index in [-0.39, 0.29) is 35.1 Å². The normalized spacial score (nSPS) is 17.5. The van der Waals surface area contributed by atoms with Crippen molar-refractivity contribution in [2.24, 2.45) is 11.8 Å². The Morgan fingerprint density at radius 1 is 1.11 bits per heavy atom.